The molecular weight excluding hydrogens is 232 g/mol. The minimum Gasteiger partial charge on any atom is -0.494 e. The first-order chi connectivity index (χ1) is 8.80. The SMILES string of the molecule is COc1cc([N+]#N)c(C#N)cc1N1CCOCC1. The van der Waals surface area contributed by atoms with Gasteiger partial charge in [0.05, 0.1) is 32.1 Å². The molecule has 0 radical (unpaired) electrons. The van der Waals surface area contributed by atoms with E-state index in [9.17, 15) is 0 Å². The van der Waals surface area contributed by atoms with Crippen LogP contribution in [-0.2, 0) is 4.74 Å². The van der Waals surface area contributed by atoms with Crippen LogP contribution in [0.25, 0.3) is 4.98 Å². The number of methoxy groups -OCH3 is 1. The first-order valence-corrected chi connectivity index (χ1v) is 5.60. The molecule has 0 aliphatic carbocycles. The van der Waals surface area contributed by atoms with Gasteiger partial charge >= 0.3 is 5.69 Å². The summed E-state index contributed by atoms with van der Waals surface area (Å²) in [7, 11) is 1.55. The molecule has 1 aromatic carbocycles. The summed E-state index contributed by atoms with van der Waals surface area (Å²) >= 11 is 0. The van der Waals surface area contributed by atoms with Crippen molar-refractivity contribution >= 4 is 11.4 Å². The number of hydrogen-bond acceptors (Lipinski definition) is 5. The lowest BCUT2D eigenvalue weighted by molar-refractivity contribution is 0.122. The molecule has 1 heterocycles. The van der Waals surface area contributed by atoms with E-state index in [1.54, 1.807) is 19.2 Å². The molecule has 0 saturated carbocycles. The van der Waals surface area contributed by atoms with Crippen molar-refractivity contribution in [3.63, 3.8) is 0 Å². The van der Waals surface area contributed by atoms with E-state index in [0.29, 0.717) is 24.5 Å². The van der Waals surface area contributed by atoms with E-state index in [1.165, 1.54) is 0 Å². The summed E-state index contributed by atoms with van der Waals surface area (Å²) in [6.45, 7) is 2.79. The number of benzene rings is 1. The summed E-state index contributed by atoms with van der Waals surface area (Å²) in [5.74, 6) is 0.587. The molecule has 6 nitrogen and oxygen atoms in total. The molecule has 0 atom stereocenters. The average molecular weight is 245 g/mol. The van der Waals surface area contributed by atoms with Crippen LogP contribution >= 0.6 is 0 Å². The maximum Gasteiger partial charge on any atom is 0.406 e. The van der Waals surface area contributed by atoms with Crippen LogP contribution < -0.4 is 9.64 Å². The van der Waals surface area contributed by atoms with Gasteiger partial charge in [0.15, 0.2) is 4.98 Å². The summed E-state index contributed by atoms with van der Waals surface area (Å²) in [5.41, 5.74) is 1.36. The Labute approximate surface area is 105 Å². The minimum absolute atomic E-state index is 0.214. The van der Waals surface area contributed by atoms with Gasteiger partial charge in [-0.15, -0.1) is 0 Å². The largest absolute Gasteiger partial charge is 0.494 e. The van der Waals surface area contributed by atoms with Crippen molar-refractivity contribution in [3.05, 3.63) is 22.7 Å². The third-order valence-electron chi connectivity index (χ3n) is 2.88. The second kappa shape index (κ2) is 5.35. The molecule has 2 rings (SSSR count). The molecular formula is C12H13N4O2+. The van der Waals surface area contributed by atoms with Gasteiger partial charge in [0.1, 0.15) is 17.4 Å². The average Bonchev–Trinajstić information content (AvgIpc) is 2.46. The second-order valence-corrected chi connectivity index (χ2v) is 3.85. The van der Waals surface area contributed by atoms with Crippen molar-refractivity contribution in [2.24, 2.45) is 0 Å². The lowest BCUT2D eigenvalue weighted by Gasteiger charge is -2.29. The van der Waals surface area contributed by atoms with Gasteiger partial charge in [-0.3, -0.25) is 0 Å². The van der Waals surface area contributed by atoms with Crippen molar-refractivity contribution in [1.29, 1.82) is 10.7 Å². The fourth-order valence-corrected chi connectivity index (χ4v) is 1.94. The number of morpholine rings is 1. The van der Waals surface area contributed by atoms with E-state index in [0.717, 1.165) is 18.8 Å². The van der Waals surface area contributed by atoms with E-state index in [2.05, 4.69) is 9.88 Å². The van der Waals surface area contributed by atoms with Crippen LogP contribution in [0.3, 0.4) is 0 Å². The highest BCUT2D eigenvalue weighted by molar-refractivity contribution is 5.72. The Morgan fingerprint density at radius 2 is 2.11 bits per heavy atom. The fourth-order valence-electron chi connectivity index (χ4n) is 1.94. The second-order valence-electron chi connectivity index (χ2n) is 3.85. The van der Waals surface area contributed by atoms with Gasteiger partial charge in [0.2, 0.25) is 5.39 Å². The van der Waals surface area contributed by atoms with Crippen molar-refractivity contribution in [2.45, 2.75) is 0 Å². The Morgan fingerprint density at radius 3 is 2.67 bits per heavy atom. The summed E-state index contributed by atoms with van der Waals surface area (Å²) in [6, 6.07) is 5.25. The normalized spacial score (nSPS) is 14.7. The van der Waals surface area contributed by atoms with Crippen molar-refractivity contribution in [1.82, 2.24) is 0 Å². The quantitative estimate of drug-likeness (QED) is 0.744. The number of hydrogen-bond donors (Lipinski definition) is 0. The molecule has 1 aliphatic rings. The standard InChI is InChI=1S/C12H13N4O2/c1-17-12-7-10(15-14)9(8-13)6-11(12)16-2-4-18-5-3-16/h6-7H,2-5H2,1H3/q+1. The first-order valence-electron chi connectivity index (χ1n) is 5.60. The fraction of sp³-hybridized carbons (Fsp3) is 0.417. The zero-order valence-corrected chi connectivity index (χ0v) is 10.1. The summed E-state index contributed by atoms with van der Waals surface area (Å²) in [5, 5.41) is 17.9. The molecule has 0 spiro atoms. The van der Waals surface area contributed by atoms with Crippen molar-refractivity contribution < 1.29 is 9.47 Å². The van der Waals surface area contributed by atoms with E-state index in [-0.39, 0.29) is 5.69 Å². The van der Waals surface area contributed by atoms with Gasteiger partial charge in [-0.2, -0.15) is 5.26 Å². The monoisotopic (exact) mass is 245 g/mol. The maximum absolute atomic E-state index is 9.03. The highest BCUT2D eigenvalue weighted by Gasteiger charge is 2.23. The van der Waals surface area contributed by atoms with Crippen molar-refractivity contribution in [3.8, 4) is 11.8 Å². The summed E-state index contributed by atoms with van der Waals surface area (Å²) < 4.78 is 10.6. The van der Waals surface area contributed by atoms with E-state index in [1.807, 2.05) is 6.07 Å². The van der Waals surface area contributed by atoms with Gasteiger partial charge in [0.25, 0.3) is 0 Å². The topological polar surface area (TPSA) is 73.6 Å². The predicted octanol–water partition coefficient (Wildman–Crippen LogP) is 1.89. The van der Waals surface area contributed by atoms with Gasteiger partial charge in [-0.1, -0.05) is 0 Å². The van der Waals surface area contributed by atoms with Crippen LogP contribution in [0.2, 0.25) is 0 Å². The number of anilines is 1. The Bertz CT molecular complexity index is 524. The molecule has 1 fully saturated rings. The molecule has 1 saturated heterocycles. The number of diazo groups is 1. The molecule has 18 heavy (non-hydrogen) atoms. The summed E-state index contributed by atoms with van der Waals surface area (Å²) in [4.78, 5) is 5.18. The molecule has 6 heteroatoms. The molecule has 92 valence electrons. The number of rotatable bonds is 2. The Balaban J connectivity index is 2.45. The third-order valence-corrected chi connectivity index (χ3v) is 2.88. The number of ether oxygens (including phenoxy) is 2. The highest BCUT2D eigenvalue weighted by Crippen LogP contribution is 2.35. The zero-order valence-electron chi connectivity index (χ0n) is 10.1. The van der Waals surface area contributed by atoms with Crippen LogP contribution in [0.5, 0.6) is 5.75 Å². The van der Waals surface area contributed by atoms with Crippen molar-refractivity contribution in [2.75, 3.05) is 38.3 Å². The van der Waals surface area contributed by atoms with Gasteiger partial charge in [-0.05, 0) is 6.07 Å². The Kier molecular flexibility index (Phi) is 3.61. The van der Waals surface area contributed by atoms with E-state index >= 15 is 0 Å². The maximum atomic E-state index is 9.03. The van der Waals surface area contributed by atoms with Crippen LogP contribution in [0.1, 0.15) is 5.56 Å². The minimum atomic E-state index is 0.214. The number of nitrogens with zero attached hydrogens (tertiary/aromatic N) is 4. The van der Waals surface area contributed by atoms with Crippen LogP contribution in [0.15, 0.2) is 12.1 Å². The molecule has 0 unspecified atom stereocenters. The zero-order chi connectivity index (χ0) is 13.0. The third kappa shape index (κ3) is 2.20. The Hall–Kier alpha value is -2.31. The molecule has 1 aliphatic heterocycles. The lowest BCUT2D eigenvalue weighted by atomic mass is 10.1. The smallest absolute Gasteiger partial charge is 0.406 e. The number of nitriles is 1. The predicted molar refractivity (Wildman–Crippen MR) is 65.5 cm³/mol. The van der Waals surface area contributed by atoms with E-state index < -0.39 is 0 Å². The van der Waals surface area contributed by atoms with Crippen LogP contribution in [0.4, 0.5) is 11.4 Å². The highest BCUT2D eigenvalue weighted by atomic mass is 16.5. The first kappa shape index (κ1) is 12.2. The van der Waals surface area contributed by atoms with Gasteiger partial charge in [-0.25, -0.2) is 0 Å². The van der Waals surface area contributed by atoms with Crippen LogP contribution in [-0.4, -0.2) is 33.4 Å². The molecule has 0 N–H and O–H groups in total. The molecule has 0 bridgehead atoms. The molecule has 1 aromatic rings. The Morgan fingerprint density at radius 1 is 1.39 bits per heavy atom. The van der Waals surface area contributed by atoms with E-state index in [4.69, 9.17) is 20.1 Å². The molecule has 0 amide bonds. The van der Waals surface area contributed by atoms with Gasteiger partial charge < -0.3 is 14.4 Å². The molecule has 0 aromatic heterocycles. The van der Waals surface area contributed by atoms with Crippen LogP contribution in [0, 0.1) is 16.7 Å². The lowest BCUT2D eigenvalue weighted by Crippen LogP contribution is -2.36. The summed E-state index contributed by atoms with van der Waals surface area (Å²) in [6.07, 6.45) is 0. The van der Waals surface area contributed by atoms with Gasteiger partial charge in [0, 0.05) is 13.1 Å².